The standard InChI is InChI=1S/C26H33N3O3/c1-20-24(30)29(23-11-7-10-22(18-23)25(31)27(2)3)19-26(32-20)13-16-28(17-14-26)15-12-21-8-5-4-6-9-21/h4-11,18,20H,12-17,19H2,1-3H3. The zero-order valence-electron chi connectivity index (χ0n) is 19.3. The van der Waals surface area contributed by atoms with E-state index in [1.54, 1.807) is 25.1 Å². The molecule has 170 valence electrons. The fourth-order valence-electron chi connectivity index (χ4n) is 4.72. The molecule has 0 bridgehead atoms. The number of hydrogen-bond acceptors (Lipinski definition) is 4. The number of carbonyl (C=O) groups excluding carboxylic acids is 2. The van der Waals surface area contributed by atoms with Crippen LogP contribution in [0.2, 0.25) is 0 Å². The number of amides is 2. The summed E-state index contributed by atoms with van der Waals surface area (Å²) in [6.07, 6.45) is 2.34. The number of carbonyl (C=O) groups is 2. The molecule has 0 radical (unpaired) electrons. The third-order valence-electron chi connectivity index (χ3n) is 6.62. The average Bonchev–Trinajstić information content (AvgIpc) is 2.81. The van der Waals surface area contributed by atoms with Gasteiger partial charge in [0.15, 0.2) is 0 Å². The van der Waals surface area contributed by atoms with E-state index in [2.05, 4.69) is 35.2 Å². The summed E-state index contributed by atoms with van der Waals surface area (Å²) in [5, 5.41) is 0. The van der Waals surface area contributed by atoms with Crippen molar-refractivity contribution >= 4 is 17.5 Å². The van der Waals surface area contributed by atoms with E-state index < -0.39 is 6.10 Å². The Labute approximate surface area is 190 Å². The number of rotatable bonds is 5. The van der Waals surface area contributed by atoms with Crippen molar-refractivity contribution in [2.75, 3.05) is 45.2 Å². The monoisotopic (exact) mass is 435 g/mol. The number of nitrogens with zero attached hydrogens (tertiary/aromatic N) is 3. The summed E-state index contributed by atoms with van der Waals surface area (Å²) < 4.78 is 6.31. The van der Waals surface area contributed by atoms with Gasteiger partial charge in [0.25, 0.3) is 11.8 Å². The third kappa shape index (κ3) is 4.87. The van der Waals surface area contributed by atoms with E-state index in [0.29, 0.717) is 12.1 Å². The highest BCUT2D eigenvalue weighted by Crippen LogP contribution is 2.35. The van der Waals surface area contributed by atoms with E-state index in [4.69, 9.17) is 4.74 Å². The van der Waals surface area contributed by atoms with Gasteiger partial charge in [-0.25, -0.2) is 0 Å². The van der Waals surface area contributed by atoms with Crippen molar-refractivity contribution in [3.63, 3.8) is 0 Å². The second-order valence-electron chi connectivity index (χ2n) is 9.19. The van der Waals surface area contributed by atoms with Gasteiger partial charge in [-0.15, -0.1) is 0 Å². The molecule has 1 atom stereocenters. The Hall–Kier alpha value is -2.70. The Morgan fingerprint density at radius 2 is 1.81 bits per heavy atom. The largest absolute Gasteiger partial charge is 0.360 e. The predicted octanol–water partition coefficient (Wildman–Crippen LogP) is 3.22. The normalized spacial score (nSPS) is 21.0. The quantitative estimate of drug-likeness (QED) is 0.724. The number of ether oxygens (including phenoxy) is 1. The molecule has 6 heteroatoms. The van der Waals surface area contributed by atoms with Gasteiger partial charge < -0.3 is 19.4 Å². The molecule has 4 rings (SSSR count). The van der Waals surface area contributed by atoms with Gasteiger partial charge in [0.05, 0.1) is 12.1 Å². The molecule has 2 aromatic rings. The second-order valence-corrected chi connectivity index (χ2v) is 9.19. The highest BCUT2D eigenvalue weighted by molar-refractivity contribution is 6.00. The SMILES string of the molecule is CC1OC2(CCN(CCc3ccccc3)CC2)CN(c2cccc(C(=O)N(C)C)c2)C1=O. The van der Waals surface area contributed by atoms with Crippen LogP contribution in [0.15, 0.2) is 54.6 Å². The number of likely N-dealkylation sites (tertiary alicyclic amines) is 1. The second kappa shape index (κ2) is 9.43. The van der Waals surface area contributed by atoms with Crippen molar-refractivity contribution in [2.45, 2.75) is 37.9 Å². The van der Waals surface area contributed by atoms with E-state index in [1.165, 1.54) is 5.56 Å². The van der Waals surface area contributed by atoms with Gasteiger partial charge >= 0.3 is 0 Å². The fourth-order valence-corrected chi connectivity index (χ4v) is 4.72. The lowest BCUT2D eigenvalue weighted by Gasteiger charge is -2.49. The number of morpholine rings is 1. The molecular formula is C26H33N3O3. The molecule has 1 spiro atoms. The maximum atomic E-state index is 13.0. The number of anilines is 1. The summed E-state index contributed by atoms with van der Waals surface area (Å²) >= 11 is 0. The van der Waals surface area contributed by atoms with Crippen LogP contribution in [0.4, 0.5) is 5.69 Å². The lowest BCUT2D eigenvalue weighted by atomic mass is 9.88. The number of hydrogen-bond donors (Lipinski definition) is 0. The topological polar surface area (TPSA) is 53.1 Å². The van der Waals surface area contributed by atoms with E-state index in [-0.39, 0.29) is 17.4 Å². The van der Waals surface area contributed by atoms with Crippen LogP contribution in [0, 0.1) is 0 Å². The van der Waals surface area contributed by atoms with Gasteiger partial charge in [0, 0.05) is 45.0 Å². The molecule has 2 heterocycles. The summed E-state index contributed by atoms with van der Waals surface area (Å²) in [5.41, 5.74) is 2.38. The van der Waals surface area contributed by atoms with Crippen molar-refractivity contribution < 1.29 is 14.3 Å². The molecule has 2 fully saturated rings. The van der Waals surface area contributed by atoms with Gasteiger partial charge in [-0.1, -0.05) is 36.4 Å². The first-order chi connectivity index (χ1) is 15.4. The molecule has 2 saturated heterocycles. The van der Waals surface area contributed by atoms with Crippen LogP contribution >= 0.6 is 0 Å². The first kappa shape index (κ1) is 22.5. The summed E-state index contributed by atoms with van der Waals surface area (Å²) in [5.74, 6) is -0.112. The first-order valence-corrected chi connectivity index (χ1v) is 11.4. The summed E-state index contributed by atoms with van der Waals surface area (Å²) in [4.78, 5) is 31.3. The third-order valence-corrected chi connectivity index (χ3v) is 6.62. The van der Waals surface area contributed by atoms with E-state index in [1.807, 2.05) is 30.0 Å². The van der Waals surface area contributed by atoms with Crippen LogP contribution in [-0.4, -0.2) is 73.6 Å². The smallest absolute Gasteiger partial charge is 0.255 e. The molecule has 0 aromatic heterocycles. The van der Waals surface area contributed by atoms with Crippen molar-refractivity contribution in [1.29, 1.82) is 0 Å². The van der Waals surface area contributed by atoms with Crippen molar-refractivity contribution in [3.8, 4) is 0 Å². The van der Waals surface area contributed by atoms with Gasteiger partial charge in [0.2, 0.25) is 0 Å². The maximum absolute atomic E-state index is 13.0. The minimum atomic E-state index is -0.493. The fraction of sp³-hybridized carbons (Fsp3) is 0.462. The predicted molar refractivity (Wildman–Crippen MR) is 126 cm³/mol. The molecule has 2 aliphatic rings. The molecule has 32 heavy (non-hydrogen) atoms. The van der Waals surface area contributed by atoms with Crippen molar-refractivity contribution in [1.82, 2.24) is 9.80 Å². The lowest BCUT2D eigenvalue weighted by Crippen LogP contribution is -2.61. The van der Waals surface area contributed by atoms with Crippen molar-refractivity contribution in [3.05, 3.63) is 65.7 Å². The molecular weight excluding hydrogens is 402 g/mol. The minimum absolute atomic E-state index is 0.0448. The summed E-state index contributed by atoms with van der Waals surface area (Å²) in [6.45, 7) is 5.32. The van der Waals surface area contributed by atoms with Crippen molar-refractivity contribution in [2.24, 2.45) is 0 Å². The molecule has 0 N–H and O–H groups in total. The Morgan fingerprint density at radius 1 is 1.09 bits per heavy atom. The Morgan fingerprint density at radius 3 is 2.50 bits per heavy atom. The van der Waals surface area contributed by atoms with E-state index in [0.717, 1.165) is 44.6 Å². The first-order valence-electron chi connectivity index (χ1n) is 11.4. The van der Waals surface area contributed by atoms with Crippen LogP contribution in [0.5, 0.6) is 0 Å². The summed E-state index contributed by atoms with van der Waals surface area (Å²) in [7, 11) is 3.47. The van der Waals surface area contributed by atoms with E-state index in [9.17, 15) is 9.59 Å². The molecule has 6 nitrogen and oxygen atoms in total. The van der Waals surface area contributed by atoms with Gasteiger partial charge in [-0.3, -0.25) is 9.59 Å². The van der Waals surface area contributed by atoms with Gasteiger partial charge in [0.1, 0.15) is 6.10 Å². The number of piperidine rings is 1. The highest BCUT2D eigenvalue weighted by atomic mass is 16.5. The lowest BCUT2D eigenvalue weighted by molar-refractivity contribution is -0.161. The Balaban J connectivity index is 1.44. The van der Waals surface area contributed by atoms with Crippen LogP contribution < -0.4 is 4.90 Å². The zero-order chi connectivity index (χ0) is 22.7. The molecule has 2 amide bonds. The highest BCUT2D eigenvalue weighted by Gasteiger charge is 2.45. The maximum Gasteiger partial charge on any atom is 0.255 e. The molecule has 0 aliphatic carbocycles. The summed E-state index contributed by atoms with van der Waals surface area (Å²) in [6, 6.07) is 17.9. The van der Waals surface area contributed by atoms with Gasteiger partial charge in [-0.2, -0.15) is 0 Å². The van der Waals surface area contributed by atoms with E-state index >= 15 is 0 Å². The van der Waals surface area contributed by atoms with Crippen LogP contribution in [0.1, 0.15) is 35.7 Å². The zero-order valence-corrected chi connectivity index (χ0v) is 19.3. The Kier molecular flexibility index (Phi) is 6.63. The van der Waals surface area contributed by atoms with Crippen LogP contribution in [-0.2, 0) is 16.0 Å². The molecule has 2 aliphatic heterocycles. The molecule has 1 unspecified atom stereocenters. The molecule has 0 saturated carbocycles. The van der Waals surface area contributed by atoms with Crippen LogP contribution in [0.25, 0.3) is 0 Å². The Bertz CT molecular complexity index is 952. The minimum Gasteiger partial charge on any atom is -0.360 e. The van der Waals surface area contributed by atoms with Gasteiger partial charge in [-0.05, 0) is 49.9 Å². The average molecular weight is 436 g/mol. The number of benzene rings is 2. The van der Waals surface area contributed by atoms with Crippen LogP contribution in [0.3, 0.4) is 0 Å². The molecule has 2 aromatic carbocycles.